The van der Waals surface area contributed by atoms with E-state index in [2.05, 4.69) is 10.6 Å². The van der Waals surface area contributed by atoms with Crippen LogP contribution in [0.4, 0.5) is 0 Å². The van der Waals surface area contributed by atoms with Gasteiger partial charge in [0.1, 0.15) is 0 Å². The molecule has 4 heteroatoms. The highest BCUT2D eigenvalue weighted by Crippen LogP contribution is 2.20. The van der Waals surface area contributed by atoms with E-state index in [1.165, 1.54) is 0 Å². The normalized spacial score (nSPS) is 15.1. The molecule has 0 aromatic rings. The maximum atomic E-state index is 11.3. The third kappa shape index (κ3) is 3.27. The van der Waals surface area contributed by atoms with Crippen LogP contribution in [0.15, 0.2) is 0 Å². The predicted molar refractivity (Wildman–Crippen MR) is 57.0 cm³/mol. The Kier molecular flexibility index (Phi) is 4.09. The minimum Gasteiger partial charge on any atom is -0.389 e. The first-order valence-electron chi connectivity index (χ1n) is 4.83. The average molecular weight is 202 g/mol. The van der Waals surface area contributed by atoms with Crippen LogP contribution < -0.4 is 10.6 Å². The van der Waals surface area contributed by atoms with Gasteiger partial charge in [-0.15, -0.1) is 0 Å². The van der Waals surface area contributed by atoms with Crippen molar-refractivity contribution in [2.45, 2.75) is 51.8 Å². The van der Waals surface area contributed by atoms with Gasteiger partial charge in [0.15, 0.2) is 0 Å². The standard InChI is InChI=1S/C10H22N2O2/c1-7(8(13)11-6)12-9(2,3)10(4,5)14/h7,12,14H,1-6H3,(H,11,13). The van der Waals surface area contributed by atoms with Gasteiger partial charge >= 0.3 is 0 Å². The van der Waals surface area contributed by atoms with E-state index in [-0.39, 0.29) is 11.9 Å². The van der Waals surface area contributed by atoms with Crippen LogP contribution in [0.5, 0.6) is 0 Å². The summed E-state index contributed by atoms with van der Waals surface area (Å²) in [5.74, 6) is -0.0812. The van der Waals surface area contributed by atoms with E-state index in [0.717, 1.165) is 0 Å². The number of nitrogens with one attached hydrogen (secondary N) is 2. The summed E-state index contributed by atoms with van der Waals surface area (Å²) in [6.45, 7) is 8.94. The predicted octanol–water partition coefficient (Wildman–Crippen LogP) is 0.260. The van der Waals surface area contributed by atoms with Gasteiger partial charge in [0, 0.05) is 12.6 Å². The Hall–Kier alpha value is -0.610. The van der Waals surface area contributed by atoms with Crippen LogP contribution in [0.2, 0.25) is 0 Å². The molecular weight excluding hydrogens is 180 g/mol. The van der Waals surface area contributed by atoms with E-state index in [1.54, 1.807) is 27.8 Å². The Labute approximate surface area is 86.1 Å². The summed E-state index contributed by atoms with van der Waals surface area (Å²) in [6.07, 6.45) is 0. The van der Waals surface area contributed by atoms with Crippen molar-refractivity contribution in [3.63, 3.8) is 0 Å². The summed E-state index contributed by atoms with van der Waals surface area (Å²) >= 11 is 0. The van der Waals surface area contributed by atoms with E-state index in [0.29, 0.717) is 0 Å². The first kappa shape index (κ1) is 13.4. The molecule has 1 unspecified atom stereocenters. The largest absolute Gasteiger partial charge is 0.389 e. The van der Waals surface area contributed by atoms with Gasteiger partial charge in [-0.3, -0.25) is 10.1 Å². The topological polar surface area (TPSA) is 61.4 Å². The van der Waals surface area contributed by atoms with E-state index in [1.807, 2.05) is 13.8 Å². The first-order chi connectivity index (χ1) is 6.12. The molecule has 1 amide bonds. The van der Waals surface area contributed by atoms with Crippen LogP contribution in [0, 0.1) is 0 Å². The molecule has 0 radical (unpaired) electrons. The van der Waals surface area contributed by atoms with Gasteiger partial charge in [-0.1, -0.05) is 0 Å². The fourth-order valence-electron chi connectivity index (χ4n) is 1.000. The highest BCUT2D eigenvalue weighted by molar-refractivity contribution is 5.81. The molecule has 0 aromatic carbocycles. The molecule has 0 aromatic heterocycles. The van der Waals surface area contributed by atoms with Crippen LogP contribution in [0.3, 0.4) is 0 Å². The molecule has 14 heavy (non-hydrogen) atoms. The number of likely N-dealkylation sites (N-methyl/N-ethyl adjacent to an activating group) is 1. The SMILES string of the molecule is CNC(=O)C(C)NC(C)(C)C(C)(C)O. The summed E-state index contributed by atoms with van der Waals surface area (Å²) in [4.78, 5) is 11.3. The van der Waals surface area contributed by atoms with Crippen molar-refractivity contribution in [2.24, 2.45) is 0 Å². The molecule has 0 saturated carbocycles. The van der Waals surface area contributed by atoms with Crippen LogP contribution >= 0.6 is 0 Å². The zero-order valence-electron chi connectivity index (χ0n) is 9.93. The van der Waals surface area contributed by atoms with Gasteiger partial charge in [-0.05, 0) is 34.6 Å². The molecule has 4 nitrogen and oxygen atoms in total. The molecule has 0 spiro atoms. The van der Waals surface area contributed by atoms with Crippen LogP contribution in [-0.4, -0.2) is 35.2 Å². The number of hydrogen-bond acceptors (Lipinski definition) is 3. The van der Waals surface area contributed by atoms with E-state index >= 15 is 0 Å². The van der Waals surface area contributed by atoms with E-state index in [4.69, 9.17) is 0 Å². The third-order valence-corrected chi connectivity index (χ3v) is 2.75. The fraction of sp³-hybridized carbons (Fsp3) is 0.900. The van der Waals surface area contributed by atoms with Crippen molar-refractivity contribution < 1.29 is 9.90 Å². The maximum absolute atomic E-state index is 11.3. The van der Waals surface area contributed by atoms with Gasteiger partial charge in [0.25, 0.3) is 0 Å². The van der Waals surface area contributed by atoms with Crippen molar-refractivity contribution in [1.29, 1.82) is 0 Å². The second-order valence-corrected chi connectivity index (χ2v) is 4.66. The zero-order valence-corrected chi connectivity index (χ0v) is 9.93. The molecule has 0 aliphatic rings. The highest BCUT2D eigenvalue weighted by Gasteiger charge is 2.36. The van der Waals surface area contributed by atoms with Crippen LogP contribution in [-0.2, 0) is 4.79 Å². The van der Waals surface area contributed by atoms with E-state index < -0.39 is 11.1 Å². The average Bonchev–Trinajstić information content (AvgIpc) is 2.00. The maximum Gasteiger partial charge on any atom is 0.236 e. The van der Waals surface area contributed by atoms with Crippen LogP contribution in [0.1, 0.15) is 34.6 Å². The monoisotopic (exact) mass is 202 g/mol. The van der Waals surface area contributed by atoms with Gasteiger partial charge in [0.05, 0.1) is 11.6 Å². The fourth-order valence-corrected chi connectivity index (χ4v) is 1.000. The molecule has 0 saturated heterocycles. The Morgan fingerprint density at radius 2 is 1.71 bits per heavy atom. The Balaban J connectivity index is 4.44. The molecule has 1 atom stereocenters. The number of carbonyl (C=O) groups excluding carboxylic acids is 1. The smallest absolute Gasteiger partial charge is 0.236 e. The summed E-state index contributed by atoms with van der Waals surface area (Å²) in [6, 6.07) is -0.318. The summed E-state index contributed by atoms with van der Waals surface area (Å²) in [5.41, 5.74) is -1.39. The Morgan fingerprint density at radius 1 is 1.29 bits per heavy atom. The summed E-state index contributed by atoms with van der Waals surface area (Å²) < 4.78 is 0. The minimum absolute atomic E-state index is 0.0812. The molecule has 0 rings (SSSR count). The lowest BCUT2D eigenvalue weighted by molar-refractivity contribution is -0.123. The van der Waals surface area contributed by atoms with Gasteiger partial charge in [0.2, 0.25) is 5.91 Å². The van der Waals surface area contributed by atoms with Crippen molar-refractivity contribution in [3.8, 4) is 0 Å². The van der Waals surface area contributed by atoms with Crippen molar-refractivity contribution in [2.75, 3.05) is 7.05 Å². The molecule has 0 heterocycles. The second kappa shape index (κ2) is 4.28. The number of aliphatic hydroxyl groups is 1. The van der Waals surface area contributed by atoms with Gasteiger partial charge < -0.3 is 10.4 Å². The molecule has 0 aliphatic heterocycles. The van der Waals surface area contributed by atoms with E-state index in [9.17, 15) is 9.90 Å². The number of hydrogen-bond donors (Lipinski definition) is 3. The third-order valence-electron chi connectivity index (χ3n) is 2.75. The quantitative estimate of drug-likeness (QED) is 0.613. The van der Waals surface area contributed by atoms with Crippen molar-refractivity contribution in [1.82, 2.24) is 10.6 Å². The lowest BCUT2D eigenvalue weighted by Crippen LogP contribution is -2.60. The Morgan fingerprint density at radius 3 is 2.00 bits per heavy atom. The number of amides is 1. The zero-order chi connectivity index (χ0) is 11.6. The number of rotatable bonds is 4. The second-order valence-electron chi connectivity index (χ2n) is 4.66. The highest BCUT2D eigenvalue weighted by atomic mass is 16.3. The molecular formula is C10H22N2O2. The summed E-state index contributed by atoms with van der Waals surface area (Å²) in [5, 5.41) is 15.5. The van der Waals surface area contributed by atoms with Crippen molar-refractivity contribution >= 4 is 5.91 Å². The molecule has 0 aliphatic carbocycles. The summed E-state index contributed by atoms with van der Waals surface area (Å²) in [7, 11) is 1.59. The molecule has 0 fully saturated rings. The number of carbonyl (C=O) groups is 1. The Bertz CT molecular complexity index is 207. The molecule has 3 N–H and O–H groups in total. The molecule has 84 valence electrons. The molecule has 0 bridgehead atoms. The van der Waals surface area contributed by atoms with Gasteiger partial charge in [-0.2, -0.15) is 0 Å². The van der Waals surface area contributed by atoms with Crippen LogP contribution in [0.25, 0.3) is 0 Å². The van der Waals surface area contributed by atoms with Crippen molar-refractivity contribution in [3.05, 3.63) is 0 Å². The lowest BCUT2D eigenvalue weighted by atomic mass is 9.85. The lowest BCUT2D eigenvalue weighted by Gasteiger charge is -2.39. The first-order valence-corrected chi connectivity index (χ1v) is 4.83. The minimum atomic E-state index is -0.880. The van der Waals surface area contributed by atoms with Gasteiger partial charge in [-0.25, -0.2) is 0 Å².